The molecule has 1 atom stereocenters. The summed E-state index contributed by atoms with van der Waals surface area (Å²) in [7, 11) is 1.77. The number of carbonyl (C=O) groups is 1. The van der Waals surface area contributed by atoms with Gasteiger partial charge in [0.25, 0.3) is 0 Å². The summed E-state index contributed by atoms with van der Waals surface area (Å²) in [6, 6.07) is 5.71. The van der Waals surface area contributed by atoms with Gasteiger partial charge in [-0.3, -0.25) is 0 Å². The van der Waals surface area contributed by atoms with Gasteiger partial charge in [0.2, 0.25) is 0 Å². The largest absolute Gasteiger partial charge is 0.465 e. The predicted molar refractivity (Wildman–Crippen MR) is 64.3 cm³/mol. The Morgan fingerprint density at radius 1 is 1.44 bits per heavy atom. The van der Waals surface area contributed by atoms with Crippen molar-refractivity contribution in [3.05, 3.63) is 34.9 Å². The second kappa shape index (κ2) is 5.66. The Bertz CT molecular complexity index is 374. The fourth-order valence-corrected chi connectivity index (χ4v) is 1.70. The van der Waals surface area contributed by atoms with Gasteiger partial charge in [0, 0.05) is 0 Å². The minimum absolute atomic E-state index is 0.223. The third kappa shape index (κ3) is 2.83. The van der Waals surface area contributed by atoms with E-state index in [1.807, 2.05) is 39.0 Å². The Hall–Kier alpha value is -1.35. The van der Waals surface area contributed by atoms with Gasteiger partial charge in [0.1, 0.15) is 6.04 Å². The lowest BCUT2D eigenvalue weighted by Crippen LogP contribution is -2.28. The van der Waals surface area contributed by atoms with Crippen molar-refractivity contribution in [2.75, 3.05) is 13.7 Å². The van der Waals surface area contributed by atoms with E-state index in [0.29, 0.717) is 6.61 Å². The fraction of sp³-hybridized carbons (Fsp3) is 0.462. The molecule has 0 aromatic heterocycles. The van der Waals surface area contributed by atoms with Crippen molar-refractivity contribution >= 4 is 5.97 Å². The van der Waals surface area contributed by atoms with E-state index in [2.05, 4.69) is 5.32 Å². The van der Waals surface area contributed by atoms with Crippen LogP contribution in [0.4, 0.5) is 0 Å². The zero-order valence-corrected chi connectivity index (χ0v) is 10.3. The van der Waals surface area contributed by atoms with Crippen LogP contribution < -0.4 is 5.32 Å². The topological polar surface area (TPSA) is 38.3 Å². The first-order valence-electron chi connectivity index (χ1n) is 5.51. The van der Waals surface area contributed by atoms with Crippen molar-refractivity contribution in [1.82, 2.24) is 5.32 Å². The third-order valence-electron chi connectivity index (χ3n) is 2.56. The zero-order chi connectivity index (χ0) is 12.1. The SMILES string of the molecule is CCOC(=O)C(NC)c1cc(C)ccc1C. The zero-order valence-electron chi connectivity index (χ0n) is 10.3. The van der Waals surface area contributed by atoms with Gasteiger partial charge < -0.3 is 10.1 Å². The molecule has 0 radical (unpaired) electrons. The number of nitrogens with one attached hydrogen (secondary N) is 1. The van der Waals surface area contributed by atoms with Gasteiger partial charge in [-0.05, 0) is 38.9 Å². The predicted octanol–water partition coefficient (Wildman–Crippen LogP) is 2.13. The van der Waals surface area contributed by atoms with Gasteiger partial charge in [0.05, 0.1) is 6.61 Å². The van der Waals surface area contributed by atoms with Crippen molar-refractivity contribution in [2.45, 2.75) is 26.8 Å². The molecule has 1 aromatic carbocycles. The molecule has 1 rings (SSSR count). The van der Waals surface area contributed by atoms with E-state index in [1.54, 1.807) is 7.05 Å². The molecule has 0 saturated carbocycles. The summed E-state index contributed by atoms with van der Waals surface area (Å²) in [5, 5.41) is 3.00. The van der Waals surface area contributed by atoms with Crippen LogP contribution in [0.5, 0.6) is 0 Å². The van der Waals surface area contributed by atoms with Crippen LogP contribution in [0.2, 0.25) is 0 Å². The van der Waals surface area contributed by atoms with Gasteiger partial charge >= 0.3 is 5.97 Å². The van der Waals surface area contributed by atoms with E-state index in [0.717, 1.165) is 16.7 Å². The normalized spacial score (nSPS) is 12.2. The second-order valence-corrected chi connectivity index (χ2v) is 3.83. The Labute approximate surface area is 96.8 Å². The average molecular weight is 221 g/mol. The Morgan fingerprint density at radius 2 is 2.12 bits per heavy atom. The molecule has 0 spiro atoms. The molecule has 0 heterocycles. The lowest BCUT2D eigenvalue weighted by molar-refractivity contribution is -0.145. The van der Waals surface area contributed by atoms with Crippen LogP contribution in [0.1, 0.15) is 29.7 Å². The highest BCUT2D eigenvalue weighted by atomic mass is 16.5. The van der Waals surface area contributed by atoms with Crippen molar-refractivity contribution in [2.24, 2.45) is 0 Å². The summed E-state index contributed by atoms with van der Waals surface area (Å²) >= 11 is 0. The molecule has 0 saturated heterocycles. The molecule has 1 N–H and O–H groups in total. The first-order valence-corrected chi connectivity index (χ1v) is 5.51. The lowest BCUT2D eigenvalue weighted by atomic mass is 9.99. The van der Waals surface area contributed by atoms with Crippen molar-refractivity contribution in [3.63, 3.8) is 0 Å². The number of hydrogen-bond donors (Lipinski definition) is 1. The van der Waals surface area contributed by atoms with E-state index in [4.69, 9.17) is 4.74 Å². The quantitative estimate of drug-likeness (QED) is 0.791. The highest BCUT2D eigenvalue weighted by Gasteiger charge is 2.21. The number of esters is 1. The minimum Gasteiger partial charge on any atom is -0.465 e. The Balaban J connectivity index is 3.03. The van der Waals surface area contributed by atoms with Gasteiger partial charge in [-0.2, -0.15) is 0 Å². The number of ether oxygens (including phenoxy) is 1. The van der Waals surface area contributed by atoms with Crippen LogP contribution in [0.15, 0.2) is 18.2 Å². The summed E-state index contributed by atoms with van der Waals surface area (Å²) in [6.07, 6.45) is 0. The molecular weight excluding hydrogens is 202 g/mol. The van der Waals surface area contributed by atoms with E-state index in [-0.39, 0.29) is 12.0 Å². The summed E-state index contributed by atoms with van der Waals surface area (Å²) in [6.45, 7) is 6.23. The molecule has 16 heavy (non-hydrogen) atoms. The van der Waals surface area contributed by atoms with Crippen molar-refractivity contribution in [3.8, 4) is 0 Å². The molecule has 0 bridgehead atoms. The lowest BCUT2D eigenvalue weighted by Gasteiger charge is -2.17. The molecule has 0 aliphatic carbocycles. The maximum Gasteiger partial charge on any atom is 0.327 e. The average Bonchev–Trinajstić information content (AvgIpc) is 2.24. The molecule has 3 nitrogen and oxygen atoms in total. The third-order valence-corrected chi connectivity index (χ3v) is 2.56. The standard InChI is InChI=1S/C13H19NO2/c1-5-16-13(15)12(14-4)11-8-9(2)6-7-10(11)3/h6-8,12,14H,5H2,1-4H3. The van der Waals surface area contributed by atoms with Gasteiger partial charge in [-0.15, -0.1) is 0 Å². The summed E-state index contributed by atoms with van der Waals surface area (Å²) in [5.41, 5.74) is 3.23. The molecule has 1 unspecified atom stereocenters. The number of aryl methyl sites for hydroxylation is 2. The molecule has 3 heteroatoms. The monoisotopic (exact) mass is 221 g/mol. The van der Waals surface area contributed by atoms with E-state index in [1.165, 1.54) is 0 Å². The number of hydrogen-bond acceptors (Lipinski definition) is 3. The Morgan fingerprint density at radius 3 is 2.69 bits per heavy atom. The fourth-order valence-electron chi connectivity index (χ4n) is 1.70. The van der Waals surface area contributed by atoms with Crippen molar-refractivity contribution in [1.29, 1.82) is 0 Å². The van der Waals surface area contributed by atoms with Crippen LogP contribution in [-0.4, -0.2) is 19.6 Å². The first kappa shape index (κ1) is 12.7. The summed E-state index contributed by atoms with van der Waals surface area (Å²) in [4.78, 5) is 11.8. The highest BCUT2D eigenvalue weighted by Crippen LogP contribution is 2.20. The summed E-state index contributed by atoms with van der Waals surface area (Å²) < 4.78 is 5.04. The van der Waals surface area contributed by atoms with Crippen LogP contribution >= 0.6 is 0 Å². The Kier molecular flexibility index (Phi) is 4.50. The summed E-state index contributed by atoms with van der Waals surface area (Å²) in [5.74, 6) is -0.223. The number of benzene rings is 1. The van der Waals surface area contributed by atoms with Crippen LogP contribution in [0.3, 0.4) is 0 Å². The molecule has 88 valence electrons. The van der Waals surface area contributed by atoms with E-state index < -0.39 is 0 Å². The molecule has 0 aliphatic heterocycles. The van der Waals surface area contributed by atoms with Gasteiger partial charge in [0.15, 0.2) is 0 Å². The number of carbonyl (C=O) groups excluding carboxylic acids is 1. The van der Waals surface area contributed by atoms with E-state index >= 15 is 0 Å². The van der Waals surface area contributed by atoms with E-state index in [9.17, 15) is 4.79 Å². The smallest absolute Gasteiger partial charge is 0.327 e. The first-order chi connectivity index (χ1) is 7.60. The highest BCUT2D eigenvalue weighted by molar-refractivity contribution is 5.78. The van der Waals surface area contributed by atoms with Crippen LogP contribution in [-0.2, 0) is 9.53 Å². The molecule has 0 fully saturated rings. The van der Waals surface area contributed by atoms with Gasteiger partial charge in [-0.1, -0.05) is 23.8 Å². The maximum absolute atomic E-state index is 11.8. The van der Waals surface area contributed by atoms with Crippen LogP contribution in [0.25, 0.3) is 0 Å². The van der Waals surface area contributed by atoms with Crippen LogP contribution in [0, 0.1) is 13.8 Å². The second-order valence-electron chi connectivity index (χ2n) is 3.83. The molecular formula is C13H19NO2. The molecule has 0 aliphatic rings. The number of rotatable bonds is 4. The molecule has 1 aromatic rings. The molecule has 0 amide bonds. The number of likely N-dealkylation sites (N-methyl/N-ethyl adjacent to an activating group) is 1. The van der Waals surface area contributed by atoms with Gasteiger partial charge in [-0.25, -0.2) is 4.79 Å². The van der Waals surface area contributed by atoms with Crippen molar-refractivity contribution < 1.29 is 9.53 Å². The minimum atomic E-state index is -0.375. The maximum atomic E-state index is 11.8.